The standard InChI is InChI=1S/C15H18N3O2P/c1-21(2,20)14-10-5-8-13(18-15(19)9-3-4-9)17-12(10)7-6-11(14)16/h5-9H,3-4,16H2,1-2H3,(H,17,18,19). The van der Waals surface area contributed by atoms with E-state index in [0.717, 1.165) is 18.2 Å². The maximum Gasteiger partial charge on any atom is 0.228 e. The van der Waals surface area contributed by atoms with Gasteiger partial charge in [0.05, 0.1) is 5.52 Å². The lowest BCUT2D eigenvalue weighted by Gasteiger charge is -2.14. The Bertz CT molecular complexity index is 778. The third-order valence-corrected chi connectivity index (χ3v) is 5.19. The molecular formula is C15H18N3O2P. The Morgan fingerprint density at radius 3 is 2.62 bits per heavy atom. The monoisotopic (exact) mass is 303 g/mol. The Hall–Kier alpha value is -1.87. The van der Waals surface area contributed by atoms with E-state index >= 15 is 0 Å². The summed E-state index contributed by atoms with van der Waals surface area (Å²) in [4.78, 5) is 16.2. The lowest BCUT2D eigenvalue weighted by Crippen LogP contribution is -2.15. The van der Waals surface area contributed by atoms with Crippen LogP contribution >= 0.6 is 7.14 Å². The first-order chi connectivity index (χ1) is 9.86. The molecule has 1 aliphatic rings. The van der Waals surface area contributed by atoms with Crippen molar-refractivity contribution in [1.29, 1.82) is 0 Å². The quantitative estimate of drug-likeness (QED) is 0.673. The van der Waals surface area contributed by atoms with Crippen molar-refractivity contribution in [2.24, 2.45) is 5.92 Å². The molecule has 0 aliphatic heterocycles. The molecule has 0 spiro atoms. The minimum Gasteiger partial charge on any atom is -0.398 e. The lowest BCUT2D eigenvalue weighted by atomic mass is 10.2. The van der Waals surface area contributed by atoms with Gasteiger partial charge in [-0.1, -0.05) is 0 Å². The van der Waals surface area contributed by atoms with Crippen LogP contribution in [0.5, 0.6) is 0 Å². The van der Waals surface area contributed by atoms with Gasteiger partial charge in [-0.05, 0) is 50.4 Å². The van der Waals surface area contributed by atoms with Crippen LogP contribution in [0.25, 0.3) is 10.9 Å². The van der Waals surface area contributed by atoms with Gasteiger partial charge in [0.2, 0.25) is 5.91 Å². The molecule has 0 atom stereocenters. The van der Waals surface area contributed by atoms with Gasteiger partial charge in [0.25, 0.3) is 0 Å². The molecule has 1 fully saturated rings. The number of pyridine rings is 1. The van der Waals surface area contributed by atoms with Gasteiger partial charge in [-0.15, -0.1) is 0 Å². The van der Waals surface area contributed by atoms with Crippen molar-refractivity contribution in [2.75, 3.05) is 24.4 Å². The van der Waals surface area contributed by atoms with Gasteiger partial charge in [-0.25, -0.2) is 4.98 Å². The Morgan fingerprint density at radius 1 is 1.29 bits per heavy atom. The van der Waals surface area contributed by atoms with Crippen LogP contribution in [-0.2, 0) is 9.36 Å². The molecule has 1 heterocycles. The summed E-state index contributed by atoms with van der Waals surface area (Å²) in [7, 11) is -2.50. The van der Waals surface area contributed by atoms with E-state index in [9.17, 15) is 9.36 Å². The largest absolute Gasteiger partial charge is 0.398 e. The number of fused-ring (bicyclic) bond motifs is 1. The predicted molar refractivity (Wildman–Crippen MR) is 86.6 cm³/mol. The Labute approximate surface area is 123 Å². The number of nitrogens with two attached hydrogens (primary N) is 1. The van der Waals surface area contributed by atoms with Crippen LogP contribution in [-0.4, -0.2) is 24.2 Å². The summed E-state index contributed by atoms with van der Waals surface area (Å²) in [6.07, 6.45) is 1.91. The number of carbonyl (C=O) groups excluding carboxylic acids is 1. The van der Waals surface area contributed by atoms with Crippen LogP contribution in [0.4, 0.5) is 11.5 Å². The number of carbonyl (C=O) groups is 1. The molecule has 5 nitrogen and oxygen atoms in total. The fourth-order valence-corrected chi connectivity index (χ4v) is 3.92. The second-order valence-corrected chi connectivity index (χ2v) is 9.03. The van der Waals surface area contributed by atoms with Crippen molar-refractivity contribution in [3.8, 4) is 0 Å². The number of rotatable bonds is 3. The zero-order valence-corrected chi connectivity index (χ0v) is 13.0. The molecule has 1 amide bonds. The number of nitrogens with zero attached hydrogens (tertiary/aromatic N) is 1. The number of benzene rings is 1. The molecular weight excluding hydrogens is 285 g/mol. The number of hydrogen-bond donors (Lipinski definition) is 2. The minimum absolute atomic E-state index is 0.0224. The summed E-state index contributed by atoms with van der Waals surface area (Å²) in [5.41, 5.74) is 7.18. The molecule has 6 heteroatoms. The first kappa shape index (κ1) is 14.1. The Balaban J connectivity index is 2.05. The molecule has 0 radical (unpaired) electrons. The molecule has 0 saturated heterocycles. The zero-order chi connectivity index (χ0) is 15.2. The van der Waals surface area contributed by atoms with E-state index < -0.39 is 7.14 Å². The number of amides is 1. The first-order valence-corrected chi connectivity index (χ1v) is 9.52. The van der Waals surface area contributed by atoms with Crippen LogP contribution < -0.4 is 16.4 Å². The van der Waals surface area contributed by atoms with Crippen LogP contribution in [0.2, 0.25) is 0 Å². The van der Waals surface area contributed by atoms with Crippen molar-refractivity contribution in [1.82, 2.24) is 4.98 Å². The summed E-state index contributed by atoms with van der Waals surface area (Å²) in [6.45, 7) is 3.39. The highest BCUT2D eigenvalue weighted by molar-refractivity contribution is 7.71. The molecule has 0 unspecified atom stereocenters. The van der Waals surface area contributed by atoms with E-state index in [4.69, 9.17) is 5.73 Å². The summed E-state index contributed by atoms with van der Waals surface area (Å²) in [5, 5.41) is 4.26. The molecule has 0 bridgehead atoms. The smallest absolute Gasteiger partial charge is 0.228 e. The number of anilines is 2. The van der Waals surface area contributed by atoms with E-state index in [0.29, 0.717) is 22.3 Å². The molecule has 1 aromatic carbocycles. The van der Waals surface area contributed by atoms with E-state index in [2.05, 4.69) is 10.3 Å². The van der Waals surface area contributed by atoms with E-state index in [-0.39, 0.29) is 11.8 Å². The average molecular weight is 303 g/mol. The SMILES string of the molecule is CP(C)(=O)c1c(N)ccc2nc(NC(=O)C3CC3)ccc12. The van der Waals surface area contributed by atoms with Crippen molar-refractivity contribution < 1.29 is 9.36 Å². The molecule has 1 saturated carbocycles. The maximum absolute atomic E-state index is 12.4. The van der Waals surface area contributed by atoms with E-state index in [1.54, 1.807) is 31.5 Å². The summed E-state index contributed by atoms with van der Waals surface area (Å²) < 4.78 is 12.4. The van der Waals surface area contributed by atoms with Crippen molar-refractivity contribution in [3.63, 3.8) is 0 Å². The zero-order valence-electron chi connectivity index (χ0n) is 12.1. The first-order valence-electron chi connectivity index (χ1n) is 6.92. The van der Waals surface area contributed by atoms with Gasteiger partial charge in [0.15, 0.2) is 0 Å². The lowest BCUT2D eigenvalue weighted by molar-refractivity contribution is -0.117. The molecule has 21 heavy (non-hydrogen) atoms. The van der Waals surface area contributed by atoms with Gasteiger partial charge in [-0.3, -0.25) is 4.79 Å². The summed E-state index contributed by atoms with van der Waals surface area (Å²) in [6, 6.07) is 7.07. The van der Waals surface area contributed by atoms with E-state index in [1.807, 2.05) is 6.07 Å². The normalized spacial score (nSPS) is 15.1. The average Bonchev–Trinajstić information content (AvgIpc) is 3.21. The van der Waals surface area contributed by atoms with Gasteiger partial charge in [-0.2, -0.15) is 0 Å². The number of aromatic nitrogens is 1. The molecule has 1 aliphatic carbocycles. The van der Waals surface area contributed by atoms with Gasteiger partial charge >= 0.3 is 0 Å². The number of hydrogen-bond acceptors (Lipinski definition) is 4. The van der Waals surface area contributed by atoms with Crippen LogP contribution in [0.15, 0.2) is 24.3 Å². The highest BCUT2D eigenvalue weighted by Crippen LogP contribution is 2.40. The third kappa shape index (κ3) is 2.79. The second kappa shape index (κ2) is 4.85. The molecule has 3 N–H and O–H groups in total. The van der Waals surface area contributed by atoms with E-state index in [1.165, 1.54) is 0 Å². The van der Waals surface area contributed by atoms with Crippen LogP contribution in [0, 0.1) is 5.92 Å². The van der Waals surface area contributed by atoms with Gasteiger partial charge < -0.3 is 15.6 Å². The van der Waals surface area contributed by atoms with Crippen LogP contribution in [0.1, 0.15) is 12.8 Å². The fourth-order valence-electron chi connectivity index (χ4n) is 2.45. The fraction of sp³-hybridized carbons (Fsp3) is 0.333. The minimum atomic E-state index is -2.50. The van der Waals surface area contributed by atoms with Crippen LogP contribution in [0.3, 0.4) is 0 Å². The predicted octanol–water partition coefficient (Wildman–Crippen LogP) is 2.41. The number of nitrogens with one attached hydrogen (secondary N) is 1. The molecule has 3 rings (SSSR count). The molecule has 1 aromatic heterocycles. The van der Waals surface area contributed by atoms with Gasteiger partial charge in [0, 0.05) is 22.3 Å². The topological polar surface area (TPSA) is 85.1 Å². The van der Waals surface area contributed by atoms with Gasteiger partial charge in [0.1, 0.15) is 13.0 Å². The summed E-state index contributed by atoms with van der Waals surface area (Å²) in [5.74, 6) is 0.683. The van der Waals surface area contributed by atoms with Crippen molar-refractivity contribution >= 4 is 40.8 Å². The summed E-state index contributed by atoms with van der Waals surface area (Å²) >= 11 is 0. The third-order valence-electron chi connectivity index (χ3n) is 3.61. The highest BCUT2D eigenvalue weighted by Gasteiger charge is 2.29. The van der Waals surface area contributed by atoms with Crippen molar-refractivity contribution in [3.05, 3.63) is 24.3 Å². The molecule has 110 valence electrons. The second-order valence-electron chi connectivity index (χ2n) is 5.88. The molecule has 2 aromatic rings. The Morgan fingerprint density at radius 2 is 2.00 bits per heavy atom. The maximum atomic E-state index is 12.4. The highest BCUT2D eigenvalue weighted by atomic mass is 31.2. The van der Waals surface area contributed by atoms with Crippen molar-refractivity contribution in [2.45, 2.75) is 12.8 Å². The Kier molecular flexibility index (Phi) is 3.25. The number of nitrogen functional groups attached to an aromatic ring is 1.